The van der Waals surface area contributed by atoms with Gasteiger partial charge in [-0.2, -0.15) is 0 Å². The van der Waals surface area contributed by atoms with Gasteiger partial charge in [0.05, 0.1) is 0 Å². The van der Waals surface area contributed by atoms with Gasteiger partial charge in [-0.05, 0) is 6.42 Å². The summed E-state index contributed by atoms with van der Waals surface area (Å²) in [6.07, 6.45) is 0.312. The number of carbonyl (C=O) groups is 3. The third-order valence-electron chi connectivity index (χ3n) is 2.35. The predicted octanol–water partition coefficient (Wildman–Crippen LogP) is 0.581. The first kappa shape index (κ1) is 11.2. The maximum Gasteiger partial charge on any atom is 0.332 e. The zero-order valence-electron chi connectivity index (χ0n) is 8.20. The summed E-state index contributed by atoms with van der Waals surface area (Å²) in [5.74, 6) is -1.01. The van der Waals surface area contributed by atoms with Gasteiger partial charge >= 0.3 is 6.03 Å². The minimum Gasteiger partial charge on any atom is -0.272 e. The molecule has 0 unspecified atom stereocenters. The standard InChI is InChI=1S/C8H11BrN2O3/c1-4-8(9)5(12)10(2)7(14)11(3)6(8)13/h4H2,1-3H3. The minimum atomic E-state index is -1.27. The molecule has 0 spiro atoms. The van der Waals surface area contributed by atoms with Crippen molar-refractivity contribution in [3.8, 4) is 0 Å². The number of halogens is 1. The number of alkyl halides is 1. The quantitative estimate of drug-likeness (QED) is 0.513. The Labute approximate surface area is 90.2 Å². The molecule has 1 rings (SSSR count). The largest absolute Gasteiger partial charge is 0.332 e. The molecule has 0 aliphatic carbocycles. The summed E-state index contributed by atoms with van der Waals surface area (Å²) in [4.78, 5) is 36.5. The average Bonchev–Trinajstić information content (AvgIpc) is 2.21. The van der Waals surface area contributed by atoms with E-state index in [4.69, 9.17) is 0 Å². The number of imide groups is 2. The Morgan fingerprint density at radius 3 is 1.79 bits per heavy atom. The first-order valence-electron chi connectivity index (χ1n) is 4.15. The van der Waals surface area contributed by atoms with E-state index in [2.05, 4.69) is 15.9 Å². The van der Waals surface area contributed by atoms with E-state index >= 15 is 0 Å². The van der Waals surface area contributed by atoms with Crippen LogP contribution in [0, 0.1) is 0 Å². The molecule has 0 saturated carbocycles. The number of amides is 4. The molecule has 0 aromatic carbocycles. The van der Waals surface area contributed by atoms with Crippen LogP contribution >= 0.6 is 15.9 Å². The lowest BCUT2D eigenvalue weighted by Crippen LogP contribution is -2.64. The summed E-state index contributed by atoms with van der Waals surface area (Å²) in [5, 5.41) is 0. The maximum absolute atomic E-state index is 11.7. The number of rotatable bonds is 1. The van der Waals surface area contributed by atoms with Crippen LogP contribution in [-0.4, -0.2) is 46.1 Å². The number of carbonyl (C=O) groups excluding carboxylic acids is 3. The molecule has 1 saturated heterocycles. The topological polar surface area (TPSA) is 57.7 Å². The molecule has 1 aliphatic rings. The first-order valence-corrected chi connectivity index (χ1v) is 4.94. The summed E-state index contributed by atoms with van der Waals surface area (Å²) in [6.45, 7) is 1.71. The van der Waals surface area contributed by atoms with Crippen LogP contribution < -0.4 is 0 Å². The molecular formula is C8H11BrN2O3. The van der Waals surface area contributed by atoms with Crippen LogP contribution in [0.25, 0.3) is 0 Å². The van der Waals surface area contributed by atoms with Crippen molar-refractivity contribution in [3.63, 3.8) is 0 Å². The summed E-state index contributed by atoms with van der Waals surface area (Å²) in [7, 11) is 2.72. The summed E-state index contributed by atoms with van der Waals surface area (Å²) in [5.41, 5.74) is 0. The van der Waals surface area contributed by atoms with Crippen molar-refractivity contribution in [2.24, 2.45) is 0 Å². The Kier molecular flexibility index (Phi) is 2.67. The fraction of sp³-hybridized carbons (Fsp3) is 0.625. The predicted molar refractivity (Wildman–Crippen MR) is 52.9 cm³/mol. The molecular weight excluding hydrogens is 252 g/mol. The van der Waals surface area contributed by atoms with Crippen LogP contribution in [0.1, 0.15) is 13.3 Å². The van der Waals surface area contributed by atoms with E-state index < -0.39 is 22.2 Å². The molecule has 1 fully saturated rings. The molecule has 0 aromatic rings. The van der Waals surface area contributed by atoms with Crippen molar-refractivity contribution >= 4 is 33.8 Å². The molecule has 0 radical (unpaired) electrons. The minimum absolute atomic E-state index is 0.312. The van der Waals surface area contributed by atoms with Crippen LogP contribution in [0.5, 0.6) is 0 Å². The van der Waals surface area contributed by atoms with Crippen LogP contribution in [0.15, 0.2) is 0 Å². The summed E-state index contributed by atoms with van der Waals surface area (Å²) < 4.78 is -1.27. The van der Waals surface area contributed by atoms with E-state index in [9.17, 15) is 14.4 Å². The second-order valence-electron chi connectivity index (χ2n) is 3.17. The molecule has 0 bridgehead atoms. The van der Waals surface area contributed by atoms with Gasteiger partial charge in [-0.25, -0.2) is 4.79 Å². The number of nitrogens with zero attached hydrogens (tertiary/aromatic N) is 2. The van der Waals surface area contributed by atoms with Gasteiger partial charge in [-0.3, -0.25) is 19.4 Å². The van der Waals surface area contributed by atoms with E-state index in [1.165, 1.54) is 14.1 Å². The summed E-state index contributed by atoms with van der Waals surface area (Å²) in [6, 6.07) is -0.594. The van der Waals surface area contributed by atoms with E-state index in [1.54, 1.807) is 6.92 Å². The highest BCUT2D eigenvalue weighted by atomic mass is 79.9. The Bertz CT molecular complexity index is 292. The van der Waals surface area contributed by atoms with Gasteiger partial charge in [0.1, 0.15) is 0 Å². The molecule has 0 aromatic heterocycles. The van der Waals surface area contributed by atoms with Crippen molar-refractivity contribution in [2.75, 3.05) is 14.1 Å². The molecule has 0 atom stereocenters. The Hall–Kier alpha value is -0.910. The third kappa shape index (κ3) is 1.25. The molecule has 14 heavy (non-hydrogen) atoms. The van der Waals surface area contributed by atoms with Crippen molar-refractivity contribution in [1.82, 2.24) is 9.80 Å². The second kappa shape index (κ2) is 3.34. The van der Waals surface area contributed by atoms with Crippen LogP contribution in [0.4, 0.5) is 4.79 Å². The van der Waals surface area contributed by atoms with E-state index in [1.807, 2.05) is 0 Å². The molecule has 5 nitrogen and oxygen atoms in total. The molecule has 1 heterocycles. The van der Waals surface area contributed by atoms with E-state index in [0.717, 1.165) is 9.80 Å². The van der Waals surface area contributed by atoms with Crippen LogP contribution in [0.2, 0.25) is 0 Å². The fourth-order valence-corrected chi connectivity index (χ4v) is 1.86. The Balaban J connectivity index is 3.17. The maximum atomic E-state index is 11.7. The number of hydrogen-bond donors (Lipinski definition) is 0. The van der Waals surface area contributed by atoms with Crippen molar-refractivity contribution in [1.29, 1.82) is 0 Å². The van der Waals surface area contributed by atoms with Gasteiger partial charge in [0.15, 0.2) is 4.32 Å². The molecule has 1 aliphatic heterocycles. The Morgan fingerprint density at radius 1 is 1.14 bits per heavy atom. The van der Waals surface area contributed by atoms with Crippen LogP contribution in [-0.2, 0) is 9.59 Å². The van der Waals surface area contributed by atoms with E-state index in [0.29, 0.717) is 6.42 Å². The van der Waals surface area contributed by atoms with Crippen molar-refractivity contribution < 1.29 is 14.4 Å². The second-order valence-corrected chi connectivity index (χ2v) is 4.52. The normalized spacial score (nSPS) is 21.9. The highest BCUT2D eigenvalue weighted by Crippen LogP contribution is 2.31. The lowest BCUT2D eigenvalue weighted by atomic mass is 10.0. The third-order valence-corrected chi connectivity index (χ3v) is 3.59. The van der Waals surface area contributed by atoms with Gasteiger partial charge in [-0.15, -0.1) is 0 Å². The molecule has 78 valence electrons. The fourth-order valence-electron chi connectivity index (χ4n) is 1.32. The lowest BCUT2D eigenvalue weighted by Gasteiger charge is -2.37. The average molecular weight is 263 g/mol. The zero-order chi connectivity index (χ0) is 11.1. The van der Waals surface area contributed by atoms with Gasteiger partial charge in [0.2, 0.25) is 0 Å². The monoisotopic (exact) mass is 262 g/mol. The highest BCUT2D eigenvalue weighted by Gasteiger charge is 2.52. The zero-order valence-corrected chi connectivity index (χ0v) is 9.79. The van der Waals surface area contributed by atoms with Crippen LogP contribution in [0.3, 0.4) is 0 Å². The number of urea groups is 1. The van der Waals surface area contributed by atoms with Crippen molar-refractivity contribution in [3.05, 3.63) is 0 Å². The van der Waals surface area contributed by atoms with Gasteiger partial charge in [0, 0.05) is 14.1 Å². The lowest BCUT2D eigenvalue weighted by molar-refractivity contribution is -0.144. The first-order chi connectivity index (χ1) is 6.36. The smallest absolute Gasteiger partial charge is 0.272 e. The highest BCUT2D eigenvalue weighted by molar-refractivity contribution is 9.10. The summed E-state index contributed by atoms with van der Waals surface area (Å²) >= 11 is 3.10. The molecule has 6 heteroatoms. The molecule has 0 N–H and O–H groups in total. The SMILES string of the molecule is CCC1(Br)C(=O)N(C)C(=O)N(C)C1=O. The van der Waals surface area contributed by atoms with E-state index in [-0.39, 0.29) is 0 Å². The van der Waals surface area contributed by atoms with Gasteiger partial charge in [-0.1, -0.05) is 22.9 Å². The Morgan fingerprint density at radius 2 is 1.50 bits per heavy atom. The molecule has 4 amide bonds. The number of hydrogen-bond acceptors (Lipinski definition) is 3. The van der Waals surface area contributed by atoms with Gasteiger partial charge < -0.3 is 0 Å². The van der Waals surface area contributed by atoms with Gasteiger partial charge in [0.25, 0.3) is 11.8 Å². The van der Waals surface area contributed by atoms with Crippen molar-refractivity contribution in [2.45, 2.75) is 17.7 Å². The number of barbiturate groups is 1.